The average molecular weight is 242 g/mol. The number of carboxylic acid groups (broad SMARTS) is 1. The van der Waals surface area contributed by atoms with E-state index >= 15 is 0 Å². The van der Waals surface area contributed by atoms with Crippen molar-refractivity contribution < 1.29 is 14.7 Å². The quantitative estimate of drug-likeness (QED) is 0.764. The number of nitrogens with two attached hydrogens (primary N) is 1. The highest BCUT2D eigenvalue weighted by Crippen LogP contribution is 2.37. The molecule has 0 bridgehead atoms. The summed E-state index contributed by atoms with van der Waals surface area (Å²) in [6, 6.07) is -0.798. The summed E-state index contributed by atoms with van der Waals surface area (Å²) in [5, 5.41) is 8.93. The highest BCUT2D eigenvalue weighted by molar-refractivity contribution is 5.87. The molecule has 1 amide bonds. The highest BCUT2D eigenvalue weighted by Gasteiger charge is 2.41. The Labute approximate surface area is 102 Å². The summed E-state index contributed by atoms with van der Waals surface area (Å²) in [6.07, 6.45) is 4.68. The van der Waals surface area contributed by atoms with Crippen LogP contribution in [0.25, 0.3) is 0 Å². The van der Waals surface area contributed by atoms with E-state index in [1.54, 1.807) is 7.05 Å². The molecule has 0 heterocycles. The Morgan fingerprint density at radius 1 is 1.35 bits per heavy atom. The minimum absolute atomic E-state index is 0.116. The Morgan fingerprint density at radius 2 is 1.88 bits per heavy atom. The van der Waals surface area contributed by atoms with Gasteiger partial charge in [-0.3, -0.25) is 4.79 Å². The minimum Gasteiger partial charge on any atom is -0.480 e. The van der Waals surface area contributed by atoms with Crippen LogP contribution in [0.5, 0.6) is 0 Å². The first-order valence-electron chi connectivity index (χ1n) is 6.15. The molecule has 0 aliphatic heterocycles. The molecule has 1 rings (SSSR count). The van der Waals surface area contributed by atoms with Gasteiger partial charge in [0.15, 0.2) is 0 Å². The SMILES string of the molecule is CC(C(=O)O)N(C)C(=O)C1(CN)CCCCC1. The van der Waals surface area contributed by atoms with Crippen molar-refractivity contribution in [2.75, 3.05) is 13.6 Å². The van der Waals surface area contributed by atoms with Crippen molar-refractivity contribution in [3.8, 4) is 0 Å². The lowest BCUT2D eigenvalue weighted by atomic mass is 9.73. The van der Waals surface area contributed by atoms with Crippen molar-refractivity contribution in [1.82, 2.24) is 4.90 Å². The smallest absolute Gasteiger partial charge is 0.326 e. The predicted octanol–water partition coefficient (Wildman–Crippen LogP) is 0.827. The third-order valence-corrected chi connectivity index (χ3v) is 3.91. The summed E-state index contributed by atoms with van der Waals surface area (Å²) in [4.78, 5) is 24.6. The van der Waals surface area contributed by atoms with Crippen LogP contribution < -0.4 is 5.73 Å². The normalized spacial score (nSPS) is 20.6. The van der Waals surface area contributed by atoms with E-state index in [9.17, 15) is 9.59 Å². The summed E-state index contributed by atoms with van der Waals surface area (Å²) < 4.78 is 0. The van der Waals surface area contributed by atoms with Crippen molar-refractivity contribution in [3.05, 3.63) is 0 Å². The van der Waals surface area contributed by atoms with Gasteiger partial charge in [-0.1, -0.05) is 19.3 Å². The van der Waals surface area contributed by atoms with Crippen LogP contribution in [0.3, 0.4) is 0 Å². The second-order valence-corrected chi connectivity index (χ2v) is 4.98. The predicted molar refractivity (Wildman–Crippen MR) is 64.4 cm³/mol. The first-order chi connectivity index (χ1) is 7.94. The topological polar surface area (TPSA) is 83.6 Å². The number of carbonyl (C=O) groups excluding carboxylic acids is 1. The van der Waals surface area contributed by atoms with Crippen LogP contribution in [0.4, 0.5) is 0 Å². The van der Waals surface area contributed by atoms with Crippen LogP contribution >= 0.6 is 0 Å². The summed E-state index contributed by atoms with van der Waals surface area (Å²) in [5.41, 5.74) is 5.23. The molecule has 17 heavy (non-hydrogen) atoms. The Balaban J connectivity index is 2.81. The number of carbonyl (C=O) groups is 2. The molecule has 1 unspecified atom stereocenters. The number of hydrogen-bond donors (Lipinski definition) is 2. The zero-order valence-corrected chi connectivity index (χ0v) is 10.6. The van der Waals surface area contributed by atoms with Gasteiger partial charge in [0.2, 0.25) is 5.91 Å². The molecule has 1 atom stereocenters. The standard InChI is InChI=1S/C12H22N2O3/c1-9(10(15)16)14(2)11(17)12(8-13)6-4-3-5-7-12/h9H,3-8,13H2,1-2H3,(H,15,16). The van der Waals surface area contributed by atoms with Gasteiger partial charge in [0.1, 0.15) is 6.04 Å². The summed E-state index contributed by atoms with van der Waals surface area (Å²) in [7, 11) is 1.55. The largest absolute Gasteiger partial charge is 0.480 e. The van der Waals surface area contributed by atoms with E-state index in [4.69, 9.17) is 10.8 Å². The fraction of sp³-hybridized carbons (Fsp3) is 0.833. The third kappa shape index (κ3) is 2.77. The molecule has 1 fully saturated rings. The molecule has 5 nitrogen and oxygen atoms in total. The molecule has 0 aromatic carbocycles. The second kappa shape index (κ2) is 5.49. The molecule has 98 valence electrons. The van der Waals surface area contributed by atoms with E-state index in [1.165, 1.54) is 11.8 Å². The number of aliphatic carboxylic acids is 1. The number of carboxylic acids is 1. The molecular formula is C12H22N2O3. The van der Waals surface area contributed by atoms with E-state index in [0.29, 0.717) is 6.54 Å². The van der Waals surface area contributed by atoms with E-state index in [2.05, 4.69) is 0 Å². The Kier molecular flexibility index (Phi) is 4.51. The van der Waals surface area contributed by atoms with Gasteiger partial charge >= 0.3 is 5.97 Å². The molecule has 5 heteroatoms. The summed E-state index contributed by atoms with van der Waals surface area (Å²) in [5.74, 6) is -1.10. The number of likely N-dealkylation sites (N-methyl/N-ethyl adjacent to an activating group) is 1. The maximum Gasteiger partial charge on any atom is 0.326 e. The first kappa shape index (κ1) is 14.0. The molecule has 3 N–H and O–H groups in total. The fourth-order valence-corrected chi connectivity index (χ4v) is 2.45. The lowest BCUT2D eigenvalue weighted by Crippen LogP contribution is -2.52. The molecule has 0 aromatic rings. The van der Waals surface area contributed by atoms with Crippen molar-refractivity contribution in [2.24, 2.45) is 11.1 Å². The minimum atomic E-state index is -0.983. The van der Waals surface area contributed by atoms with Gasteiger partial charge < -0.3 is 15.7 Å². The molecule has 0 aromatic heterocycles. The average Bonchev–Trinajstić information content (AvgIpc) is 2.36. The van der Waals surface area contributed by atoms with Crippen LogP contribution in [0, 0.1) is 5.41 Å². The van der Waals surface area contributed by atoms with Gasteiger partial charge in [-0.05, 0) is 19.8 Å². The second-order valence-electron chi connectivity index (χ2n) is 4.98. The zero-order chi connectivity index (χ0) is 13.1. The van der Waals surface area contributed by atoms with Crippen LogP contribution in [0.1, 0.15) is 39.0 Å². The van der Waals surface area contributed by atoms with E-state index in [0.717, 1.165) is 32.1 Å². The van der Waals surface area contributed by atoms with Gasteiger partial charge in [0, 0.05) is 13.6 Å². The molecule has 1 saturated carbocycles. The van der Waals surface area contributed by atoms with Gasteiger partial charge in [0.05, 0.1) is 5.41 Å². The summed E-state index contributed by atoms with van der Waals surface area (Å²) in [6.45, 7) is 1.83. The van der Waals surface area contributed by atoms with Crippen LogP contribution in [-0.4, -0.2) is 41.5 Å². The van der Waals surface area contributed by atoms with Crippen LogP contribution in [0.2, 0.25) is 0 Å². The molecule has 0 spiro atoms. The van der Waals surface area contributed by atoms with Gasteiger partial charge in [-0.15, -0.1) is 0 Å². The Hall–Kier alpha value is -1.10. The van der Waals surface area contributed by atoms with Crippen molar-refractivity contribution in [3.63, 3.8) is 0 Å². The number of hydrogen-bond acceptors (Lipinski definition) is 3. The van der Waals surface area contributed by atoms with E-state index in [1.807, 2.05) is 0 Å². The first-order valence-corrected chi connectivity index (χ1v) is 6.15. The number of nitrogens with zero attached hydrogens (tertiary/aromatic N) is 1. The highest BCUT2D eigenvalue weighted by atomic mass is 16.4. The molecule has 1 aliphatic rings. The molecule has 0 saturated heterocycles. The molecule has 0 radical (unpaired) electrons. The molecule has 1 aliphatic carbocycles. The Morgan fingerprint density at radius 3 is 2.29 bits per heavy atom. The van der Waals surface area contributed by atoms with Crippen LogP contribution in [-0.2, 0) is 9.59 Å². The van der Waals surface area contributed by atoms with Crippen molar-refractivity contribution >= 4 is 11.9 Å². The Bertz CT molecular complexity index is 298. The maximum atomic E-state index is 12.4. The lowest BCUT2D eigenvalue weighted by molar-refractivity contribution is -0.154. The van der Waals surface area contributed by atoms with Gasteiger partial charge in [-0.25, -0.2) is 4.79 Å². The fourth-order valence-electron chi connectivity index (χ4n) is 2.45. The monoisotopic (exact) mass is 242 g/mol. The van der Waals surface area contributed by atoms with Gasteiger partial charge in [-0.2, -0.15) is 0 Å². The van der Waals surface area contributed by atoms with Crippen molar-refractivity contribution in [1.29, 1.82) is 0 Å². The zero-order valence-electron chi connectivity index (χ0n) is 10.6. The van der Waals surface area contributed by atoms with E-state index < -0.39 is 17.4 Å². The number of amides is 1. The van der Waals surface area contributed by atoms with Crippen LogP contribution in [0.15, 0.2) is 0 Å². The lowest BCUT2D eigenvalue weighted by Gasteiger charge is -2.38. The van der Waals surface area contributed by atoms with Gasteiger partial charge in [0.25, 0.3) is 0 Å². The summed E-state index contributed by atoms with van der Waals surface area (Å²) >= 11 is 0. The number of rotatable bonds is 4. The van der Waals surface area contributed by atoms with E-state index in [-0.39, 0.29) is 5.91 Å². The van der Waals surface area contributed by atoms with Crippen molar-refractivity contribution in [2.45, 2.75) is 45.1 Å². The third-order valence-electron chi connectivity index (χ3n) is 3.91. The maximum absolute atomic E-state index is 12.4. The molecular weight excluding hydrogens is 220 g/mol.